The minimum Gasteiger partial charge on any atom is -0.476 e. The quantitative estimate of drug-likeness (QED) is 0.413. The molecular formula is C28H31FN2O2. The van der Waals surface area contributed by atoms with Crippen LogP contribution in [-0.2, 0) is 17.6 Å². The highest BCUT2D eigenvalue weighted by Gasteiger charge is 2.25. The van der Waals surface area contributed by atoms with Crippen LogP contribution in [0.5, 0.6) is 5.88 Å². The van der Waals surface area contributed by atoms with Gasteiger partial charge in [0.2, 0.25) is 11.8 Å². The van der Waals surface area contributed by atoms with Crippen LogP contribution in [-0.4, -0.2) is 28.9 Å². The van der Waals surface area contributed by atoms with Gasteiger partial charge in [0.05, 0.1) is 12.6 Å². The monoisotopic (exact) mass is 446 g/mol. The summed E-state index contributed by atoms with van der Waals surface area (Å²) >= 11 is 0. The summed E-state index contributed by atoms with van der Waals surface area (Å²) in [6.45, 7) is 4.92. The van der Waals surface area contributed by atoms with Crippen LogP contribution in [0.1, 0.15) is 60.9 Å². The van der Waals surface area contributed by atoms with Crippen LogP contribution in [0.4, 0.5) is 4.39 Å². The van der Waals surface area contributed by atoms with Crippen molar-refractivity contribution < 1.29 is 13.9 Å². The minimum atomic E-state index is -0.268. The Morgan fingerprint density at radius 2 is 1.79 bits per heavy atom. The summed E-state index contributed by atoms with van der Waals surface area (Å²) in [5, 5.41) is 0. The van der Waals surface area contributed by atoms with Crippen molar-refractivity contribution in [3.63, 3.8) is 0 Å². The lowest BCUT2D eigenvalue weighted by Gasteiger charge is -2.31. The predicted octanol–water partition coefficient (Wildman–Crippen LogP) is 5.87. The molecule has 1 amide bonds. The number of amides is 1. The van der Waals surface area contributed by atoms with Gasteiger partial charge in [0.25, 0.3) is 0 Å². The van der Waals surface area contributed by atoms with Crippen LogP contribution in [0.3, 0.4) is 0 Å². The summed E-state index contributed by atoms with van der Waals surface area (Å²) in [6.07, 6.45) is 5.48. The molecule has 0 spiro atoms. The van der Waals surface area contributed by atoms with Crippen molar-refractivity contribution in [2.45, 2.75) is 51.5 Å². The number of fused-ring (bicyclic) bond motifs is 1. The Bertz CT molecular complexity index is 1070. The van der Waals surface area contributed by atoms with Gasteiger partial charge in [-0.2, -0.15) is 0 Å². The molecule has 1 aromatic heterocycles. The first-order valence-electron chi connectivity index (χ1n) is 11.7. The van der Waals surface area contributed by atoms with E-state index in [9.17, 15) is 9.18 Å². The van der Waals surface area contributed by atoms with E-state index in [4.69, 9.17) is 4.74 Å². The lowest BCUT2D eigenvalue weighted by atomic mass is 9.96. The van der Waals surface area contributed by atoms with Gasteiger partial charge in [0.15, 0.2) is 0 Å². The smallest absolute Gasteiger partial charge is 0.223 e. The summed E-state index contributed by atoms with van der Waals surface area (Å²) in [5.74, 6) is 0.333. The zero-order valence-electron chi connectivity index (χ0n) is 19.3. The van der Waals surface area contributed by atoms with Crippen molar-refractivity contribution in [2.24, 2.45) is 0 Å². The third kappa shape index (κ3) is 5.78. The number of pyridine rings is 1. The molecule has 0 fully saturated rings. The number of hydrogen-bond donors (Lipinski definition) is 0. The Morgan fingerprint density at radius 1 is 1.03 bits per heavy atom. The SMILES string of the molecule is CC(CC(=O)N(CCOc1ccccn1)C(C)c1ccc2c(c1)CCC2)c1ccc(F)cc1. The van der Waals surface area contributed by atoms with E-state index in [0.29, 0.717) is 25.5 Å². The molecule has 2 aromatic carbocycles. The van der Waals surface area contributed by atoms with Crippen LogP contribution < -0.4 is 4.74 Å². The van der Waals surface area contributed by atoms with Gasteiger partial charge in [-0.15, -0.1) is 0 Å². The first-order valence-corrected chi connectivity index (χ1v) is 11.7. The van der Waals surface area contributed by atoms with Crippen LogP contribution in [0, 0.1) is 5.82 Å². The number of carbonyl (C=O) groups is 1. The second-order valence-electron chi connectivity index (χ2n) is 8.82. The molecule has 2 unspecified atom stereocenters. The number of hydrogen-bond acceptors (Lipinski definition) is 3. The van der Waals surface area contributed by atoms with E-state index in [1.165, 1.54) is 29.7 Å². The van der Waals surface area contributed by atoms with E-state index in [1.54, 1.807) is 18.3 Å². The molecule has 5 heteroatoms. The fourth-order valence-corrected chi connectivity index (χ4v) is 4.54. The number of carbonyl (C=O) groups excluding carboxylic acids is 1. The highest BCUT2D eigenvalue weighted by Crippen LogP contribution is 2.29. The average Bonchev–Trinajstić information content (AvgIpc) is 3.30. The molecule has 0 aliphatic heterocycles. The van der Waals surface area contributed by atoms with Crippen molar-refractivity contribution in [1.29, 1.82) is 0 Å². The second kappa shape index (κ2) is 10.6. The lowest BCUT2D eigenvalue weighted by Crippen LogP contribution is -2.37. The maximum Gasteiger partial charge on any atom is 0.223 e. The van der Waals surface area contributed by atoms with Gasteiger partial charge in [0.1, 0.15) is 12.4 Å². The predicted molar refractivity (Wildman–Crippen MR) is 128 cm³/mol. The van der Waals surface area contributed by atoms with E-state index >= 15 is 0 Å². The van der Waals surface area contributed by atoms with Crippen molar-refractivity contribution in [3.8, 4) is 5.88 Å². The molecule has 0 N–H and O–H groups in total. The highest BCUT2D eigenvalue weighted by molar-refractivity contribution is 5.77. The number of ether oxygens (including phenoxy) is 1. The standard InChI is InChI=1S/C28H31FN2O2/c1-20(22-11-13-26(29)14-12-22)18-28(32)31(16-17-33-27-8-3-4-15-30-27)21(2)24-10-9-23-6-5-7-25(23)19-24/h3-4,8-15,19-21H,5-7,16-18H2,1-2H3. The molecule has 4 rings (SSSR count). The Hall–Kier alpha value is -3.21. The van der Waals surface area contributed by atoms with Gasteiger partial charge in [0, 0.05) is 18.7 Å². The highest BCUT2D eigenvalue weighted by atomic mass is 19.1. The Kier molecular flexibility index (Phi) is 7.38. The third-order valence-electron chi connectivity index (χ3n) is 6.53. The first-order chi connectivity index (χ1) is 16.0. The van der Waals surface area contributed by atoms with Gasteiger partial charge in [-0.3, -0.25) is 4.79 Å². The van der Waals surface area contributed by atoms with Crippen LogP contribution in [0.15, 0.2) is 66.9 Å². The summed E-state index contributed by atoms with van der Waals surface area (Å²) < 4.78 is 19.1. The van der Waals surface area contributed by atoms with Crippen molar-refractivity contribution in [3.05, 3.63) is 94.9 Å². The van der Waals surface area contributed by atoms with E-state index < -0.39 is 0 Å². The largest absolute Gasteiger partial charge is 0.476 e. The Morgan fingerprint density at radius 3 is 2.55 bits per heavy atom. The molecule has 0 radical (unpaired) electrons. The minimum absolute atomic E-state index is 0.00970. The normalized spacial score (nSPS) is 14.4. The van der Waals surface area contributed by atoms with Gasteiger partial charge >= 0.3 is 0 Å². The number of halogens is 1. The topological polar surface area (TPSA) is 42.4 Å². The zero-order valence-corrected chi connectivity index (χ0v) is 19.3. The molecule has 172 valence electrons. The number of aryl methyl sites for hydroxylation is 2. The van der Waals surface area contributed by atoms with Crippen molar-refractivity contribution in [2.75, 3.05) is 13.2 Å². The van der Waals surface area contributed by atoms with Crippen LogP contribution in [0.2, 0.25) is 0 Å². The van der Waals surface area contributed by atoms with Gasteiger partial charge in [-0.05, 0) is 72.6 Å². The van der Waals surface area contributed by atoms with E-state index in [-0.39, 0.29) is 23.7 Å². The summed E-state index contributed by atoms with van der Waals surface area (Å²) in [7, 11) is 0. The second-order valence-corrected chi connectivity index (χ2v) is 8.82. The fourth-order valence-electron chi connectivity index (χ4n) is 4.54. The third-order valence-corrected chi connectivity index (χ3v) is 6.53. The summed E-state index contributed by atoms with van der Waals surface area (Å²) in [5.41, 5.74) is 4.93. The number of nitrogens with zero attached hydrogens (tertiary/aromatic N) is 2. The van der Waals surface area contributed by atoms with Crippen LogP contribution in [0.25, 0.3) is 0 Å². The molecule has 2 atom stereocenters. The van der Waals surface area contributed by atoms with Gasteiger partial charge < -0.3 is 9.64 Å². The van der Waals surface area contributed by atoms with Crippen molar-refractivity contribution in [1.82, 2.24) is 9.88 Å². The average molecular weight is 447 g/mol. The maximum atomic E-state index is 13.5. The fraction of sp³-hybridized carbons (Fsp3) is 0.357. The molecular weight excluding hydrogens is 415 g/mol. The van der Waals surface area contributed by atoms with Gasteiger partial charge in [-0.25, -0.2) is 9.37 Å². The van der Waals surface area contributed by atoms with Crippen LogP contribution >= 0.6 is 0 Å². The van der Waals surface area contributed by atoms with E-state index in [1.807, 2.05) is 30.0 Å². The maximum absolute atomic E-state index is 13.5. The van der Waals surface area contributed by atoms with E-state index in [0.717, 1.165) is 24.0 Å². The lowest BCUT2D eigenvalue weighted by molar-refractivity contribution is -0.134. The number of aromatic nitrogens is 1. The summed E-state index contributed by atoms with van der Waals surface area (Å²) in [6, 6.07) is 18.5. The molecule has 1 aliphatic rings. The molecule has 1 aliphatic carbocycles. The zero-order chi connectivity index (χ0) is 23.2. The molecule has 0 bridgehead atoms. The molecule has 4 nitrogen and oxygen atoms in total. The molecule has 0 saturated carbocycles. The van der Waals surface area contributed by atoms with E-state index in [2.05, 4.69) is 30.1 Å². The Balaban J connectivity index is 1.49. The van der Waals surface area contributed by atoms with Crippen molar-refractivity contribution >= 4 is 5.91 Å². The summed E-state index contributed by atoms with van der Waals surface area (Å²) in [4.78, 5) is 19.6. The number of benzene rings is 2. The number of rotatable bonds is 9. The Labute approximate surface area is 195 Å². The molecule has 1 heterocycles. The van der Waals surface area contributed by atoms with Gasteiger partial charge in [-0.1, -0.05) is 43.3 Å². The molecule has 3 aromatic rings. The molecule has 33 heavy (non-hydrogen) atoms. The first kappa shape index (κ1) is 23.0. The molecule has 0 saturated heterocycles.